The van der Waals surface area contributed by atoms with Crippen molar-refractivity contribution >= 4 is 17.2 Å². The molecule has 4 heteroatoms. The molecule has 0 aromatic carbocycles. The predicted molar refractivity (Wildman–Crippen MR) is 90.0 cm³/mol. The number of hydrogen-bond donors (Lipinski definition) is 1. The molecule has 1 aliphatic rings. The van der Waals surface area contributed by atoms with Crippen LogP contribution in [0, 0.1) is 0 Å². The van der Waals surface area contributed by atoms with Crippen molar-refractivity contribution < 1.29 is 0 Å². The lowest BCUT2D eigenvalue weighted by molar-refractivity contribution is 0.578. The van der Waals surface area contributed by atoms with Gasteiger partial charge in [-0.05, 0) is 36.4 Å². The molecule has 21 heavy (non-hydrogen) atoms. The minimum absolute atomic E-state index is 0.410. The second kappa shape index (κ2) is 6.16. The Bertz CT molecular complexity index is 606. The number of fused-ring (bicyclic) bond motifs is 1. The van der Waals surface area contributed by atoms with Gasteiger partial charge in [0.05, 0.1) is 6.04 Å². The second-order valence-electron chi connectivity index (χ2n) is 5.94. The summed E-state index contributed by atoms with van der Waals surface area (Å²) < 4.78 is 0. The smallest absolute Gasteiger partial charge is 0.133 e. The van der Waals surface area contributed by atoms with Gasteiger partial charge >= 0.3 is 0 Å². The minimum atomic E-state index is 0.410. The third-order valence-corrected chi connectivity index (χ3v) is 5.11. The SMILES string of the molecule is CC(C)NCc1cccnc1N1CCc2sccc2C1C. The number of nitrogens with one attached hydrogen (secondary N) is 1. The maximum atomic E-state index is 4.68. The van der Waals surface area contributed by atoms with Gasteiger partial charge in [0.15, 0.2) is 0 Å². The number of pyridine rings is 1. The second-order valence-corrected chi connectivity index (χ2v) is 6.94. The van der Waals surface area contributed by atoms with E-state index in [2.05, 4.69) is 53.5 Å². The van der Waals surface area contributed by atoms with E-state index in [9.17, 15) is 0 Å². The van der Waals surface area contributed by atoms with Gasteiger partial charge in [-0.25, -0.2) is 4.98 Å². The molecule has 1 aliphatic heterocycles. The van der Waals surface area contributed by atoms with E-state index in [0.717, 1.165) is 25.3 Å². The average molecular weight is 301 g/mol. The zero-order chi connectivity index (χ0) is 14.8. The van der Waals surface area contributed by atoms with Crippen LogP contribution in [0.15, 0.2) is 29.8 Å². The van der Waals surface area contributed by atoms with Crippen LogP contribution in [0.25, 0.3) is 0 Å². The highest BCUT2D eigenvalue weighted by atomic mass is 32.1. The Hall–Kier alpha value is -1.39. The summed E-state index contributed by atoms with van der Waals surface area (Å²) in [5, 5.41) is 5.72. The number of nitrogens with zero attached hydrogens (tertiary/aromatic N) is 2. The summed E-state index contributed by atoms with van der Waals surface area (Å²) in [6.45, 7) is 8.58. The zero-order valence-corrected chi connectivity index (χ0v) is 13.8. The van der Waals surface area contributed by atoms with Crippen LogP contribution in [0.4, 0.5) is 5.82 Å². The molecule has 1 atom stereocenters. The summed E-state index contributed by atoms with van der Waals surface area (Å²) >= 11 is 1.89. The summed E-state index contributed by atoms with van der Waals surface area (Å²) in [5.41, 5.74) is 2.76. The Morgan fingerprint density at radius 2 is 2.29 bits per heavy atom. The molecule has 0 radical (unpaired) electrons. The molecule has 1 N–H and O–H groups in total. The zero-order valence-electron chi connectivity index (χ0n) is 13.0. The Kier molecular flexibility index (Phi) is 4.27. The average Bonchev–Trinajstić information content (AvgIpc) is 2.95. The van der Waals surface area contributed by atoms with Crippen LogP contribution in [-0.4, -0.2) is 17.6 Å². The number of rotatable bonds is 4. The van der Waals surface area contributed by atoms with Crippen LogP contribution in [0.1, 0.15) is 42.8 Å². The molecule has 0 amide bonds. The molecule has 0 saturated heterocycles. The topological polar surface area (TPSA) is 28.2 Å². The van der Waals surface area contributed by atoms with Gasteiger partial charge in [-0.1, -0.05) is 19.9 Å². The lowest BCUT2D eigenvalue weighted by Crippen LogP contribution is -2.35. The fourth-order valence-corrected chi connectivity index (χ4v) is 3.90. The van der Waals surface area contributed by atoms with E-state index < -0.39 is 0 Å². The maximum absolute atomic E-state index is 4.68. The molecule has 0 saturated carbocycles. The molecule has 0 fully saturated rings. The van der Waals surface area contributed by atoms with Crippen molar-refractivity contribution in [2.45, 2.75) is 45.8 Å². The molecule has 2 aromatic rings. The lowest BCUT2D eigenvalue weighted by Gasteiger charge is -2.35. The molecular weight excluding hydrogens is 278 g/mol. The first-order valence-corrected chi connectivity index (χ1v) is 8.55. The van der Waals surface area contributed by atoms with Gasteiger partial charge in [0.2, 0.25) is 0 Å². The summed E-state index contributed by atoms with van der Waals surface area (Å²) in [4.78, 5) is 8.67. The van der Waals surface area contributed by atoms with Crippen LogP contribution < -0.4 is 10.2 Å². The van der Waals surface area contributed by atoms with Crippen molar-refractivity contribution in [3.63, 3.8) is 0 Å². The first-order chi connectivity index (χ1) is 10.2. The molecule has 3 rings (SSSR count). The third-order valence-electron chi connectivity index (χ3n) is 4.12. The van der Waals surface area contributed by atoms with Crippen LogP contribution in [0.3, 0.4) is 0 Å². The van der Waals surface area contributed by atoms with E-state index in [0.29, 0.717) is 12.1 Å². The fraction of sp³-hybridized carbons (Fsp3) is 0.471. The molecule has 3 nitrogen and oxygen atoms in total. The molecule has 1 unspecified atom stereocenters. The number of aromatic nitrogens is 1. The third kappa shape index (κ3) is 2.97. The van der Waals surface area contributed by atoms with E-state index in [1.165, 1.54) is 16.0 Å². The van der Waals surface area contributed by atoms with Crippen LogP contribution >= 0.6 is 11.3 Å². The van der Waals surface area contributed by atoms with Gasteiger partial charge < -0.3 is 10.2 Å². The number of hydrogen-bond acceptors (Lipinski definition) is 4. The van der Waals surface area contributed by atoms with Crippen LogP contribution in [-0.2, 0) is 13.0 Å². The van der Waals surface area contributed by atoms with Crippen molar-refractivity contribution in [3.8, 4) is 0 Å². The number of anilines is 1. The minimum Gasteiger partial charge on any atom is -0.349 e. The summed E-state index contributed by atoms with van der Waals surface area (Å²) in [6, 6.07) is 7.39. The summed E-state index contributed by atoms with van der Waals surface area (Å²) in [5.74, 6) is 1.13. The standard InChI is InChI=1S/C17H23N3S/c1-12(2)19-11-14-5-4-8-18-17(14)20-9-6-16-15(13(20)3)7-10-21-16/h4-5,7-8,10,12-13,19H,6,9,11H2,1-3H3. The van der Waals surface area contributed by atoms with Gasteiger partial charge in [0.25, 0.3) is 0 Å². The first-order valence-electron chi connectivity index (χ1n) is 7.67. The largest absolute Gasteiger partial charge is 0.349 e. The van der Waals surface area contributed by atoms with Crippen molar-refractivity contribution in [3.05, 3.63) is 45.8 Å². The van der Waals surface area contributed by atoms with E-state index in [4.69, 9.17) is 0 Å². The summed E-state index contributed by atoms with van der Waals surface area (Å²) in [7, 11) is 0. The lowest BCUT2D eigenvalue weighted by atomic mass is 10.0. The normalized spacial score (nSPS) is 18.1. The predicted octanol–water partition coefficient (Wildman–Crippen LogP) is 3.76. The summed E-state index contributed by atoms with van der Waals surface area (Å²) in [6.07, 6.45) is 3.04. The van der Waals surface area contributed by atoms with Gasteiger partial charge in [-0.15, -0.1) is 11.3 Å². The van der Waals surface area contributed by atoms with Crippen molar-refractivity contribution in [1.82, 2.24) is 10.3 Å². The van der Waals surface area contributed by atoms with Gasteiger partial charge in [-0.3, -0.25) is 0 Å². The van der Waals surface area contributed by atoms with Crippen molar-refractivity contribution in [2.75, 3.05) is 11.4 Å². The highest BCUT2D eigenvalue weighted by Gasteiger charge is 2.26. The Morgan fingerprint density at radius 1 is 1.43 bits per heavy atom. The molecule has 2 aromatic heterocycles. The van der Waals surface area contributed by atoms with Crippen LogP contribution in [0.2, 0.25) is 0 Å². The maximum Gasteiger partial charge on any atom is 0.133 e. The number of thiophene rings is 1. The Balaban J connectivity index is 1.87. The monoisotopic (exact) mass is 301 g/mol. The van der Waals surface area contributed by atoms with E-state index in [1.807, 2.05) is 23.6 Å². The first kappa shape index (κ1) is 14.5. The quantitative estimate of drug-likeness (QED) is 0.932. The molecule has 3 heterocycles. The molecule has 112 valence electrons. The van der Waals surface area contributed by atoms with Crippen molar-refractivity contribution in [1.29, 1.82) is 0 Å². The Morgan fingerprint density at radius 3 is 3.10 bits per heavy atom. The van der Waals surface area contributed by atoms with Crippen LogP contribution in [0.5, 0.6) is 0 Å². The molecular formula is C17H23N3S. The Labute approximate surface area is 131 Å². The molecule has 0 spiro atoms. The highest BCUT2D eigenvalue weighted by molar-refractivity contribution is 7.10. The molecule has 0 aliphatic carbocycles. The highest BCUT2D eigenvalue weighted by Crippen LogP contribution is 2.36. The fourth-order valence-electron chi connectivity index (χ4n) is 2.94. The van der Waals surface area contributed by atoms with Gasteiger partial charge in [0, 0.05) is 35.8 Å². The van der Waals surface area contributed by atoms with Crippen molar-refractivity contribution in [2.24, 2.45) is 0 Å². The van der Waals surface area contributed by atoms with E-state index in [1.54, 1.807) is 0 Å². The molecule has 0 bridgehead atoms. The van der Waals surface area contributed by atoms with E-state index in [-0.39, 0.29) is 0 Å². The van der Waals surface area contributed by atoms with E-state index >= 15 is 0 Å². The van der Waals surface area contributed by atoms with Gasteiger partial charge in [-0.2, -0.15) is 0 Å². The van der Waals surface area contributed by atoms with Gasteiger partial charge in [0.1, 0.15) is 5.82 Å².